The second-order valence-electron chi connectivity index (χ2n) is 5.01. The molecule has 20 heavy (non-hydrogen) atoms. The fourth-order valence-electron chi connectivity index (χ4n) is 2.30. The number of benzene rings is 1. The smallest absolute Gasteiger partial charge is 0.319 e. The van der Waals surface area contributed by atoms with Gasteiger partial charge in [-0.3, -0.25) is 0 Å². The van der Waals surface area contributed by atoms with Crippen LogP contribution in [0.25, 0.3) is 0 Å². The van der Waals surface area contributed by atoms with E-state index < -0.39 is 0 Å². The van der Waals surface area contributed by atoms with Crippen LogP contribution in [0, 0.1) is 0 Å². The lowest BCUT2D eigenvalue weighted by Gasteiger charge is -2.14. The average Bonchev–Trinajstić information content (AvgIpc) is 2.92. The van der Waals surface area contributed by atoms with Crippen molar-refractivity contribution >= 4 is 11.7 Å². The molecule has 0 bridgehead atoms. The summed E-state index contributed by atoms with van der Waals surface area (Å²) in [6.45, 7) is 0.533. The topological polar surface area (TPSA) is 70.6 Å². The van der Waals surface area contributed by atoms with Gasteiger partial charge in [-0.15, -0.1) is 0 Å². The highest BCUT2D eigenvalue weighted by Gasteiger charge is 2.16. The molecule has 1 aromatic rings. The number of nitrogens with one attached hydrogen (secondary N) is 2. The van der Waals surface area contributed by atoms with Crippen molar-refractivity contribution in [2.45, 2.75) is 38.2 Å². The number of aliphatic hydroxyl groups excluding tert-OH is 1. The van der Waals surface area contributed by atoms with E-state index in [0.717, 1.165) is 18.6 Å². The molecule has 0 spiro atoms. The van der Waals surface area contributed by atoms with E-state index >= 15 is 0 Å². The SMILES string of the molecule is O=C(NCCCO)Nc1cccc(OC2CCCC2)c1. The first-order valence-electron chi connectivity index (χ1n) is 7.20. The normalized spacial score (nSPS) is 15.1. The van der Waals surface area contributed by atoms with E-state index in [1.54, 1.807) is 0 Å². The molecule has 3 N–H and O–H groups in total. The largest absolute Gasteiger partial charge is 0.490 e. The molecule has 1 aliphatic carbocycles. The summed E-state index contributed by atoms with van der Waals surface area (Å²) in [7, 11) is 0. The van der Waals surface area contributed by atoms with E-state index in [-0.39, 0.29) is 12.6 Å². The third-order valence-corrected chi connectivity index (χ3v) is 3.32. The van der Waals surface area contributed by atoms with Crippen LogP contribution in [0.1, 0.15) is 32.1 Å². The summed E-state index contributed by atoms with van der Waals surface area (Å²) in [6, 6.07) is 7.18. The Labute approximate surface area is 119 Å². The van der Waals surface area contributed by atoms with E-state index in [2.05, 4.69) is 10.6 Å². The number of carbonyl (C=O) groups excluding carboxylic acids is 1. The van der Waals surface area contributed by atoms with Gasteiger partial charge in [-0.25, -0.2) is 4.79 Å². The number of hydrogen-bond donors (Lipinski definition) is 3. The van der Waals surface area contributed by atoms with Crippen LogP contribution >= 0.6 is 0 Å². The molecule has 110 valence electrons. The lowest BCUT2D eigenvalue weighted by molar-refractivity contribution is 0.210. The van der Waals surface area contributed by atoms with Crippen LogP contribution in [0.5, 0.6) is 5.75 Å². The Morgan fingerprint density at radius 1 is 1.35 bits per heavy atom. The first-order chi connectivity index (χ1) is 9.78. The average molecular weight is 278 g/mol. The van der Waals surface area contributed by atoms with E-state index in [9.17, 15) is 4.79 Å². The zero-order valence-electron chi connectivity index (χ0n) is 11.6. The molecule has 2 amide bonds. The van der Waals surface area contributed by atoms with E-state index in [4.69, 9.17) is 9.84 Å². The minimum atomic E-state index is -0.267. The number of urea groups is 1. The summed E-state index contributed by atoms with van der Waals surface area (Å²) >= 11 is 0. The van der Waals surface area contributed by atoms with Gasteiger partial charge in [-0.05, 0) is 44.2 Å². The van der Waals surface area contributed by atoms with Crippen LogP contribution in [0.15, 0.2) is 24.3 Å². The maximum Gasteiger partial charge on any atom is 0.319 e. The highest BCUT2D eigenvalue weighted by molar-refractivity contribution is 5.89. The second kappa shape index (κ2) is 7.75. The molecule has 0 aromatic heterocycles. The number of rotatable bonds is 6. The number of aliphatic hydroxyl groups is 1. The fourth-order valence-corrected chi connectivity index (χ4v) is 2.30. The quantitative estimate of drug-likeness (QED) is 0.700. The monoisotopic (exact) mass is 278 g/mol. The standard InChI is InChI=1S/C15H22N2O3/c18-10-4-9-16-15(19)17-12-5-3-8-14(11-12)20-13-6-1-2-7-13/h3,5,8,11,13,18H,1-2,4,6-7,9-10H2,(H2,16,17,19). The molecule has 0 unspecified atom stereocenters. The first-order valence-corrected chi connectivity index (χ1v) is 7.20. The Kier molecular flexibility index (Phi) is 5.68. The van der Waals surface area contributed by atoms with Crippen molar-refractivity contribution in [3.8, 4) is 5.75 Å². The first kappa shape index (κ1) is 14.7. The molecule has 0 saturated heterocycles. The maximum atomic E-state index is 11.6. The maximum absolute atomic E-state index is 11.6. The van der Waals surface area contributed by atoms with Crippen molar-refractivity contribution in [1.29, 1.82) is 0 Å². The second-order valence-corrected chi connectivity index (χ2v) is 5.01. The van der Waals surface area contributed by atoms with Gasteiger partial charge >= 0.3 is 6.03 Å². The molecule has 0 atom stereocenters. The van der Waals surface area contributed by atoms with Gasteiger partial charge in [0.2, 0.25) is 0 Å². The molecule has 1 aromatic carbocycles. The molecule has 0 heterocycles. The van der Waals surface area contributed by atoms with Gasteiger partial charge in [0.1, 0.15) is 5.75 Å². The minimum Gasteiger partial charge on any atom is -0.490 e. The Morgan fingerprint density at radius 2 is 2.15 bits per heavy atom. The lowest BCUT2D eigenvalue weighted by atomic mass is 10.2. The van der Waals surface area contributed by atoms with Gasteiger partial charge in [0.25, 0.3) is 0 Å². The molecule has 0 radical (unpaired) electrons. The van der Waals surface area contributed by atoms with E-state index in [0.29, 0.717) is 24.8 Å². The number of carbonyl (C=O) groups is 1. The van der Waals surface area contributed by atoms with Crippen LogP contribution in [-0.2, 0) is 0 Å². The Hall–Kier alpha value is -1.75. The van der Waals surface area contributed by atoms with Crippen molar-refractivity contribution in [3.63, 3.8) is 0 Å². The van der Waals surface area contributed by atoms with Crippen molar-refractivity contribution in [3.05, 3.63) is 24.3 Å². The third-order valence-electron chi connectivity index (χ3n) is 3.32. The number of amides is 2. The predicted molar refractivity (Wildman–Crippen MR) is 78.1 cm³/mol. The summed E-state index contributed by atoms with van der Waals surface area (Å²) in [4.78, 5) is 11.6. The number of ether oxygens (including phenoxy) is 1. The summed E-state index contributed by atoms with van der Waals surface area (Å²) < 4.78 is 5.89. The van der Waals surface area contributed by atoms with Crippen LogP contribution in [0.4, 0.5) is 10.5 Å². The molecule has 0 aliphatic heterocycles. The molecule has 5 heteroatoms. The molecular formula is C15H22N2O3. The van der Waals surface area contributed by atoms with Crippen LogP contribution < -0.4 is 15.4 Å². The lowest BCUT2D eigenvalue weighted by Crippen LogP contribution is -2.29. The highest BCUT2D eigenvalue weighted by atomic mass is 16.5. The van der Waals surface area contributed by atoms with Gasteiger partial charge in [0.15, 0.2) is 0 Å². The predicted octanol–water partition coefficient (Wildman–Crippen LogP) is 2.51. The van der Waals surface area contributed by atoms with Gasteiger partial charge in [-0.1, -0.05) is 6.07 Å². The zero-order valence-corrected chi connectivity index (χ0v) is 11.6. The Bertz CT molecular complexity index is 431. The molecule has 2 rings (SSSR count). The van der Waals surface area contributed by atoms with Crippen molar-refractivity contribution in [2.75, 3.05) is 18.5 Å². The van der Waals surface area contributed by atoms with Crippen molar-refractivity contribution < 1.29 is 14.6 Å². The van der Waals surface area contributed by atoms with Crippen molar-refractivity contribution in [1.82, 2.24) is 5.32 Å². The molecule has 5 nitrogen and oxygen atoms in total. The minimum absolute atomic E-state index is 0.0744. The van der Waals surface area contributed by atoms with E-state index in [1.165, 1.54) is 12.8 Å². The third kappa shape index (κ3) is 4.74. The van der Waals surface area contributed by atoms with Gasteiger partial charge in [0, 0.05) is 24.9 Å². The van der Waals surface area contributed by atoms with Gasteiger partial charge in [0.05, 0.1) is 6.10 Å². The molecule has 1 saturated carbocycles. The number of anilines is 1. The van der Waals surface area contributed by atoms with Gasteiger partial charge in [-0.2, -0.15) is 0 Å². The van der Waals surface area contributed by atoms with Crippen molar-refractivity contribution in [2.24, 2.45) is 0 Å². The van der Waals surface area contributed by atoms with E-state index in [1.807, 2.05) is 24.3 Å². The zero-order chi connectivity index (χ0) is 14.2. The molecule has 1 aliphatic rings. The summed E-state index contributed by atoms with van der Waals surface area (Å²) in [5, 5.41) is 14.1. The van der Waals surface area contributed by atoms with Gasteiger partial charge < -0.3 is 20.5 Å². The Morgan fingerprint density at radius 3 is 2.90 bits per heavy atom. The summed E-state index contributed by atoms with van der Waals surface area (Å²) in [6.07, 6.45) is 5.55. The summed E-state index contributed by atoms with van der Waals surface area (Å²) in [5.41, 5.74) is 0.710. The van der Waals surface area contributed by atoms with Crippen LogP contribution in [0.3, 0.4) is 0 Å². The Balaban J connectivity index is 1.83. The summed E-state index contributed by atoms with van der Waals surface area (Å²) in [5.74, 6) is 0.796. The van der Waals surface area contributed by atoms with Crippen LogP contribution in [-0.4, -0.2) is 30.4 Å². The molecular weight excluding hydrogens is 256 g/mol. The highest BCUT2D eigenvalue weighted by Crippen LogP contribution is 2.25. The number of hydrogen-bond acceptors (Lipinski definition) is 3. The fraction of sp³-hybridized carbons (Fsp3) is 0.533. The van der Waals surface area contributed by atoms with Crippen LogP contribution in [0.2, 0.25) is 0 Å². The molecule has 1 fully saturated rings.